The zero-order chi connectivity index (χ0) is 20.2. The summed E-state index contributed by atoms with van der Waals surface area (Å²) in [6, 6.07) is 12.0. The predicted molar refractivity (Wildman–Crippen MR) is 111 cm³/mol. The molecule has 3 aromatic rings. The van der Waals surface area contributed by atoms with Crippen LogP contribution in [0.15, 0.2) is 54.0 Å². The number of benzene rings is 1. The second kappa shape index (κ2) is 8.53. The fourth-order valence-corrected chi connectivity index (χ4v) is 4.31. The van der Waals surface area contributed by atoms with Crippen molar-refractivity contribution in [3.8, 4) is 16.5 Å². The first-order valence-corrected chi connectivity index (χ1v) is 10.4. The standard InChI is InChI=1S/C22H21N3O3S/c26-18-6-4-15(5-7-18)21(28)16-8-11-25(12-9-16)20(27)13-17-14-29-22(24-17)19-3-1-2-10-23-19/h1-7,10,14,16,26H,8-9,11-13H2. The number of amides is 1. The van der Waals surface area contributed by atoms with E-state index in [1.54, 1.807) is 18.3 Å². The van der Waals surface area contributed by atoms with Crippen LogP contribution in [0.3, 0.4) is 0 Å². The summed E-state index contributed by atoms with van der Waals surface area (Å²) in [5.74, 6) is 0.184. The smallest absolute Gasteiger partial charge is 0.228 e. The van der Waals surface area contributed by atoms with Crippen LogP contribution in [-0.4, -0.2) is 44.8 Å². The van der Waals surface area contributed by atoms with E-state index in [9.17, 15) is 14.7 Å². The average molecular weight is 407 g/mol. The van der Waals surface area contributed by atoms with E-state index < -0.39 is 0 Å². The first-order chi connectivity index (χ1) is 14.1. The highest BCUT2D eigenvalue weighted by Gasteiger charge is 2.28. The molecule has 29 heavy (non-hydrogen) atoms. The Labute approximate surface area is 172 Å². The molecule has 1 amide bonds. The third-order valence-electron chi connectivity index (χ3n) is 5.14. The lowest BCUT2D eigenvalue weighted by molar-refractivity contribution is -0.131. The van der Waals surface area contributed by atoms with E-state index in [-0.39, 0.29) is 29.8 Å². The Morgan fingerprint density at radius 3 is 2.55 bits per heavy atom. The molecule has 3 heterocycles. The van der Waals surface area contributed by atoms with Crippen LogP contribution in [0.25, 0.3) is 10.7 Å². The van der Waals surface area contributed by atoms with Gasteiger partial charge in [-0.25, -0.2) is 4.98 Å². The third-order valence-corrected chi connectivity index (χ3v) is 6.05. The number of ketones is 1. The molecule has 4 rings (SSSR count). The van der Waals surface area contributed by atoms with Gasteiger partial charge in [-0.05, 0) is 49.2 Å². The van der Waals surface area contributed by atoms with Gasteiger partial charge in [0, 0.05) is 36.1 Å². The average Bonchev–Trinajstić information content (AvgIpc) is 3.23. The Hall–Kier alpha value is -3.06. The van der Waals surface area contributed by atoms with Gasteiger partial charge in [0.1, 0.15) is 10.8 Å². The Morgan fingerprint density at radius 2 is 1.86 bits per heavy atom. The van der Waals surface area contributed by atoms with Gasteiger partial charge in [0.05, 0.1) is 17.8 Å². The summed E-state index contributed by atoms with van der Waals surface area (Å²) >= 11 is 1.49. The number of hydrogen-bond acceptors (Lipinski definition) is 6. The first kappa shape index (κ1) is 19.3. The minimum atomic E-state index is -0.0846. The maximum atomic E-state index is 12.7. The van der Waals surface area contributed by atoms with Crippen molar-refractivity contribution < 1.29 is 14.7 Å². The molecule has 1 aliphatic rings. The van der Waals surface area contributed by atoms with Gasteiger partial charge in [-0.1, -0.05) is 6.07 Å². The third kappa shape index (κ3) is 4.51. The molecule has 6 nitrogen and oxygen atoms in total. The second-order valence-electron chi connectivity index (χ2n) is 7.10. The summed E-state index contributed by atoms with van der Waals surface area (Å²) in [6.45, 7) is 1.15. The molecule has 1 aromatic carbocycles. The van der Waals surface area contributed by atoms with Gasteiger partial charge >= 0.3 is 0 Å². The molecule has 7 heteroatoms. The highest BCUT2D eigenvalue weighted by Crippen LogP contribution is 2.25. The van der Waals surface area contributed by atoms with Crippen molar-refractivity contribution >= 4 is 23.0 Å². The zero-order valence-electron chi connectivity index (χ0n) is 15.8. The predicted octanol–water partition coefficient (Wildman–Crippen LogP) is 3.57. The molecule has 1 N–H and O–H groups in total. The molecule has 1 fully saturated rings. The Bertz CT molecular complexity index is 994. The molecule has 0 spiro atoms. The number of rotatable bonds is 5. The van der Waals surface area contributed by atoms with E-state index in [0.717, 1.165) is 16.4 Å². The minimum Gasteiger partial charge on any atom is -0.508 e. The molecule has 0 unspecified atom stereocenters. The van der Waals surface area contributed by atoms with Crippen LogP contribution < -0.4 is 0 Å². The van der Waals surface area contributed by atoms with E-state index in [0.29, 0.717) is 31.5 Å². The van der Waals surface area contributed by atoms with Crippen LogP contribution in [0.5, 0.6) is 5.75 Å². The van der Waals surface area contributed by atoms with Crippen molar-refractivity contribution in [1.82, 2.24) is 14.9 Å². The van der Waals surface area contributed by atoms with Crippen LogP contribution in [-0.2, 0) is 11.2 Å². The van der Waals surface area contributed by atoms with E-state index in [1.807, 2.05) is 28.5 Å². The molecule has 0 bridgehead atoms. The zero-order valence-corrected chi connectivity index (χ0v) is 16.6. The molecule has 0 radical (unpaired) electrons. The summed E-state index contributed by atoms with van der Waals surface area (Å²) < 4.78 is 0. The van der Waals surface area contributed by atoms with E-state index >= 15 is 0 Å². The second-order valence-corrected chi connectivity index (χ2v) is 7.96. The number of phenols is 1. The largest absolute Gasteiger partial charge is 0.508 e. The highest BCUT2D eigenvalue weighted by atomic mass is 32.1. The van der Waals surface area contributed by atoms with Crippen LogP contribution in [0, 0.1) is 5.92 Å². The van der Waals surface area contributed by atoms with Crippen molar-refractivity contribution in [1.29, 1.82) is 0 Å². The van der Waals surface area contributed by atoms with Crippen LogP contribution >= 0.6 is 11.3 Å². The van der Waals surface area contributed by atoms with E-state index in [1.165, 1.54) is 23.5 Å². The van der Waals surface area contributed by atoms with Crippen molar-refractivity contribution in [3.63, 3.8) is 0 Å². The number of pyridine rings is 1. The van der Waals surface area contributed by atoms with Gasteiger partial charge in [0.15, 0.2) is 5.78 Å². The fraction of sp³-hybridized carbons (Fsp3) is 0.273. The Balaban J connectivity index is 1.32. The molecule has 1 saturated heterocycles. The number of carbonyl (C=O) groups is 2. The fourth-order valence-electron chi connectivity index (χ4n) is 3.51. The summed E-state index contributed by atoms with van der Waals surface area (Å²) in [5, 5.41) is 12.1. The Kier molecular flexibility index (Phi) is 5.67. The maximum Gasteiger partial charge on any atom is 0.228 e. The number of carbonyl (C=O) groups excluding carboxylic acids is 2. The monoisotopic (exact) mass is 407 g/mol. The molecule has 0 saturated carbocycles. The van der Waals surface area contributed by atoms with Gasteiger partial charge in [-0.3, -0.25) is 14.6 Å². The van der Waals surface area contributed by atoms with Gasteiger partial charge < -0.3 is 10.0 Å². The number of aromatic nitrogens is 2. The molecular formula is C22H21N3O3S. The quantitative estimate of drug-likeness (QED) is 0.654. The van der Waals surface area contributed by atoms with E-state index in [2.05, 4.69) is 9.97 Å². The summed E-state index contributed by atoms with van der Waals surface area (Å²) in [6.07, 6.45) is 3.30. The van der Waals surface area contributed by atoms with Crippen molar-refractivity contribution in [3.05, 3.63) is 65.3 Å². The number of thiazole rings is 1. The molecular weight excluding hydrogens is 386 g/mol. The van der Waals surface area contributed by atoms with Crippen LogP contribution in [0.1, 0.15) is 28.9 Å². The van der Waals surface area contributed by atoms with Gasteiger partial charge in [-0.2, -0.15) is 0 Å². The first-order valence-electron chi connectivity index (χ1n) is 9.57. The topological polar surface area (TPSA) is 83.4 Å². The number of nitrogens with zero attached hydrogens (tertiary/aromatic N) is 3. The number of hydrogen-bond donors (Lipinski definition) is 1. The molecule has 1 aliphatic heterocycles. The number of phenolic OH excluding ortho intramolecular Hbond substituents is 1. The number of Topliss-reactive ketones (excluding diaryl/α,β-unsaturated/α-hetero) is 1. The number of likely N-dealkylation sites (tertiary alicyclic amines) is 1. The van der Waals surface area contributed by atoms with Crippen molar-refractivity contribution in [2.75, 3.05) is 13.1 Å². The van der Waals surface area contributed by atoms with Crippen molar-refractivity contribution in [2.45, 2.75) is 19.3 Å². The van der Waals surface area contributed by atoms with Crippen LogP contribution in [0.4, 0.5) is 0 Å². The summed E-state index contributed by atoms with van der Waals surface area (Å²) in [7, 11) is 0. The number of aromatic hydroxyl groups is 1. The molecule has 148 valence electrons. The Morgan fingerprint density at radius 1 is 1.10 bits per heavy atom. The molecule has 0 aliphatic carbocycles. The lowest BCUT2D eigenvalue weighted by Gasteiger charge is -2.31. The highest BCUT2D eigenvalue weighted by molar-refractivity contribution is 7.13. The lowest BCUT2D eigenvalue weighted by Crippen LogP contribution is -2.41. The van der Waals surface area contributed by atoms with Crippen LogP contribution in [0.2, 0.25) is 0 Å². The minimum absolute atomic E-state index is 0.0402. The maximum absolute atomic E-state index is 12.7. The SMILES string of the molecule is O=C(c1ccc(O)cc1)C1CCN(C(=O)Cc2csc(-c3ccccn3)n2)CC1. The normalized spacial score (nSPS) is 14.7. The lowest BCUT2D eigenvalue weighted by atomic mass is 9.88. The number of piperidine rings is 1. The summed E-state index contributed by atoms with van der Waals surface area (Å²) in [5.41, 5.74) is 2.17. The van der Waals surface area contributed by atoms with Gasteiger partial charge in [0.25, 0.3) is 0 Å². The molecule has 0 atom stereocenters. The molecule has 2 aromatic heterocycles. The summed E-state index contributed by atoms with van der Waals surface area (Å²) in [4.78, 5) is 35.9. The van der Waals surface area contributed by atoms with Gasteiger partial charge in [0.2, 0.25) is 5.91 Å². The van der Waals surface area contributed by atoms with Gasteiger partial charge in [-0.15, -0.1) is 11.3 Å². The van der Waals surface area contributed by atoms with Crippen molar-refractivity contribution in [2.24, 2.45) is 5.92 Å². The van der Waals surface area contributed by atoms with E-state index in [4.69, 9.17) is 0 Å².